The van der Waals surface area contributed by atoms with Crippen LogP contribution in [0.4, 0.5) is 13.2 Å². The number of carbonyl (C=O) groups excluding carboxylic acids is 1. The minimum absolute atomic E-state index is 0.0258. The lowest BCUT2D eigenvalue weighted by Gasteiger charge is -2.30. The summed E-state index contributed by atoms with van der Waals surface area (Å²) in [7, 11) is 0. The number of nitrogens with one attached hydrogen (secondary N) is 1. The maximum Gasteiger partial charge on any atom is 0.409 e. The molecule has 0 unspecified atom stereocenters. The lowest BCUT2D eigenvalue weighted by Crippen LogP contribution is -2.43. The zero-order valence-corrected chi connectivity index (χ0v) is 15.2. The average Bonchev–Trinajstić information content (AvgIpc) is 3.03. The smallest absolute Gasteiger partial charge is 0.409 e. The van der Waals surface area contributed by atoms with Crippen molar-refractivity contribution >= 4 is 16.7 Å². The van der Waals surface area contributed by atoms with Crippen LogP contribution < -0.4 is 10.2 Å². The SMILES string of the molecule is CCCCCOc1ccc2c([C@H](N3CCC(=O)N3)C(F)(F)F)cccc2c1. The van der Waals surface area contributed by atoms with E-state index in [1.165, 1.54) is 6.07 Å². The van der Waals surface area contributed by atoms with Crippen LogP contribution in [-0.4, -0.2) is 30.2 Å². The van der Waals surface area contributed by atoms with Crippen molar-refractivity contribution in [2.45, 2.75) is 44.8 Å². The third-order valence-electron chi connectivity index (χ3n) is 4.67. The first-order valence-electron chi connectivity index (χ1n) is 9.18. The van der Waals surface area contributed by atoms with Gasteiger partial charge in [0.25, 0.3) is 0 Å². The molecule has 2 aromatic rings. The van der Waals surface area contributed by atoms with Gasteiger partial charge in [0.2, 0.25) is 5.91 Å². The molecule has 146 valence electrons. The second-order valence-electron chi connectivity index (χ2n) is 6.71. The topological polar surface area (TPSA) is 41.6 Å². The summed E-state index contributed by atoms with van der Waals surface area (Å²) in [4.78, 5) is 11.4. The molecule has 1 fully saturated rings. The van der Waals surface area contributed by atoms with Gasteiger partial charge in [0.05, 0.1) is 6.61 Å². The van der Waals surface area contributed by atoms with Crippen molar-refractivity contribution in [2.24, 2.45) is 0 Å². The van der Waals surface area contributed by atoms with Crippen LogP contribution in [0.5, 0.6) is 5.75 Å². The molecule has 0 aliphatic carbocycles. The molecule has 4 nitrogen and oxygen atoms in total. The molecule has 3 rings (SSSR count). The van der Waals surface area contributed by atoms with Gasteiger partial charge in [-0.15, -0.1) is 0 Å². The lowest BCUT2D eigenvalue weighted by atomic mass is 9.97. The number of amides is 1. The van der Waals surface area contributed by atoms with E-state index in [0.29, 0.717) is 23.1 Å². The number of nitrogens with zero attached hydrogens (tertiary/aromatic N) is 1. The number of rotatable bonds is 7. The predicted octanol–water partition coefficient (Wildman–Crippen LogP) is 4.75. The number of alkyl halides is 3. The standard InChI is InChI=1S/C20H23F3N2O2/c1-2-3-4-12-27-15-8-9-16-14(13-15)6-5-7-17(16)19(20(21,22)23)25-11-10-18(26)24-25/h5-9,13,19H,2-4,10-12H2,1H3,(H,24,26)/t19-/m0/s1. The molecule has 1 saturated heterocycles. The molecular formula is C20H23F3N2O2. The van der Waals surface area contributed by atoms with Gasteiger partial charge in [0.1, 0.15) is 5.75 Å². The van der Waals surface area contributed by atoms with E-state index in [1.807, 2.05) is 0 Å². The summed E-state index contributed by atoms with van der Waals surface area (Å²) in [6.07, 6.45) is -1.34. The lowest BCUT2D eigenvalue weighted by molar-refractivity contribution is -0.190. The fourth-order valence-corrected chi connectivity index (χ4v) is 3.37. The van der Waals surface area contributed by atoms with Crippen LogP contribution >= 0.6 is 0 Å². The number of unbranched alkanes of at least 4 members (excludes halogenated alkanes) is 2. The van der Waals surface area contributed by atoms with Crippen molar-refractivity contribution < 1.29 is 22.7 Å². The van der Waals surface area contributed by atoms with Crippen LogP contribution in [0, 0.1) is 0 Å². The predicted molar refractivity (Wildman–Crippen MR) is 97.2 cm³/mol. The maximum atomic E-state index is 13.8. The van der Waals surface area contributed by atoms with Gasteiger partial charge in [0, 0.05) is 13.0 Å². The third kappa shape index (κ3) is 4.53. The van der Waals surface area contributed by atoms with Gasteiger partial charge in [-0.2, -0.15) is 13.2 Å². The Hall–Kier alpha value is -2.28. The first kappa shape index (κ1) is 19.5. The summed E-state index contributed by atoms with van der Waals surface area (Å²) in [5.41, 5.74) is 2.45. The third-order valence-corrected chi connectivity index (χ3v) is 4.67. The van der Waals surface area contributed by atoms with E-state index >= 15 is 0 Å². The van der Waals surface area contributed by atoms with E-state index in [9.17, 15) is 18.0 Å². The molecule has 0 radical (unpaired) electrons. The van der Waals surface area contributed by atoms with E-state index in [1.54, 1.807) is 30.3 Å². The van der Waals surface area contributed by atoms with Crippen molar-refractivity contribution in [1.29, 1.82) is 0 Å². The minimum Gasteiger partial charge on any atom is -0.494 e. The number of fused-ring (bicyclic) bond motifs is 1. The molecule has 0 saturated carbocycles. The molecule has 1 aliphatic heterocycles. The van der Waals surface area contributed by atoms with Crippen LogP contribution in [0.25, 0.3) is 10.8 Å². The number of carbonyl (C=O) groups is 1. The number of halogens is 3. The normalized spacial score (nSPS) is 16.5. The molecular weight excluding hydrogens is 357 g/mol. The molecule has 0 bridgehead atoms. The Bertz CT molecular complexity index is 807. The molecule has 1 N–H and O–H groups in total. The highest BCUT2D eigenvalue weighted by molar-refractivity contribution is 5.87. The van der Waals surface area contributed by atoms with E-state index in [-0.39, 0.29) is 18.5 Å². The first-order chi connectivity index (χ1) is 12.9. The summed E-state index contributed by atoms with van der Waals surface area (Å²) >= 11 is 0. The summed E-state index contributed by atoms with van der Waals surface area (Å²) in [6, 6.07) is 8.09. The quantitative estimate of drug-likeness (QED) is 0.705. The van der Waals surface area contributed by atoms with Gasteiger partial charge in [0.15, 0.2) is 6.04 Å². The summed E-state index contributed by atoms with van der Waals surface area (Å²) in [6.45, 7) is 2.72. The molecule has 7 heteroatoms. The number of ether oxygens (including phenoxy) is 1. The Morgan fingerprint density at radius 2 is 2.04 bits per heavy atom. The molecule has 1 atom stereocenters. The van der Waals surface area contributed by atoms with E-state index in [2.05, 4.69) is 12.3 Å². The second-order valence-corrected chi connectivity index (χ2v) is 6.71. The van der Waals surface area contributed by atoms with E-state index in [0.717, 1.165) is 24.3 Å². The Kier molecular flexibility index (Phi) is 5.89. The van der Waals surface area contributed by atoms with Crippen LogP contribution in [0.15, 0.2) is 36.4 Å². The molecule has 1 heterocycles. The number of hydrogen-bond donors (Lipinski definition) is 1. The Morgan fingerprint density at radius 1 is 1.22 bits per heavy atom. The van der Waals surface area contributed by atoms with Crippen molar-refractivity contribution in [3.63, 3.8) is 0 Å². The Labute approximate surface area is 156 Å². The zero-order valence-electron chi connectivity index (χ0n) is 15.2. The van der Waals surface area contributed by atoms with Gasteiger partial charge in [-0.05, 0) is 34.9 Å². The fraction of sp³-hybridized carbons (Fsp3) is 0.450. The Balaban J connectivity index is 1.91. The van der Waals surface area contributed by atoms with Crippen molar-refractivity contribution in [3.05, 3.63) is 42.0 Å². The van der Waals surface area contributed by atoms with Gasteiger partial charge in [-0.25, -0.2) is 5.01 Å². The maximum absolute atomic E-state index is 13.8. The zero-order chi connectivity index (χ0) is 19.4. The second kappa shape index (κ2) is 8.17. The Morgan fingerprint density at radius 3 is 2.70 bits per heavy atom. The fourth-order valence-electron chi connectivity index (χ4n) is 3.37. The van der Waals surface area contributed by atoms with Gasteiger partial charge < -0.3 is 4.74 Å². The van der Waals surface area contributed by atoms with E-state index in [4.69, 9.17) is 4.74 Å². The van der Waals surface area contributed by atoms with Gasteiger partial charge in [-0.1, -0.05) is 44.0 Å². The number of hydrazine groups is 1. The summed E-state index contributed by atoms with van der Waals surface area (Å²) in [5.74, 6) is 0.251. The van der Waals surface area contributed by atoms with Crippen molar-refractivity contribution in [2.75, 3.05) is 13.2 Å². The largest absolute Gasteiger partial charge is 0.494 e. The molecule has 0 aromatic heterocycles. The van der Waals surface area contributed by atoms with E-state index < -0.39 is 18.1 Å². The number of hydrogen-bond acceptors (Lipinski definition) is 3. The summed E-state index contributed by atoms with van der Waals surface area (Å²) in [5, 5.41) is 2.16. The molecule has 27 heavy (non-hydrogen) atoms. The van der Waals surface area contributed by atoms with Crippen molar-refractivity contribution in [1.82, 2.24) is 10.4 Å². The highest BCUT2D eigenvalue weighted by atomic mass is 19.4. The van der Waals surface area contributed by atoms with Crippen LogP contribution in [0.1, 0.15) is 44.2 Å². The number of benzene rings is 2. The first-order valence-corrected chi connectivity index (χ1v) is 9.18. The average molecular weight is 380 g/mol. The molecule has 1 amide bonds. The molecule has 1 aliphatic rings. The van der Waals surface area contributed by atoms with Crippen molar-refractivity contribution in [3.8, 4) is 5.75 Å². The molecule has 2 aromatic carbocycles. The monoisotopic (exact) mass is 380 g/mol. The summed E-state index contributed by atoms with van der Waals surface area (Å²) < 4.78 is 47.1. The van der Waals surface area contributed by atoms with Crippen LogP contribution in [0.3, 0.4) is 0 Å². The van der Waals surface area contributed by atoms with Crippen LogP contribution in [0.2, 0.25) is 0 Å². The van der Waals surface area contributed by atoms with Gasteiger partial charge in [-0.3, -0.25) is 10.2 Å². The molecule has 0 spiro atoms. The highest BCUT2D eigenvalue weighted by Gasteiger charge is 2.47. The highest BCUT2D eigenvalue weighted by Crippen LogP contribution is 2.41. The van der Waals surface area contributed by atoms with Crippen LogP contribution in [-0.2, 0) is 4.79 Å². The van der Waals surface area contributed by atoms with Gasteiger partial charge >= 0.3 is 6.18 Å². The minimum atomic E-state index is -4.51.